The Morgan fingerprint density at radius 1 is 1.17 bits per heavy atom. The van der Waals surface area contributed by atoms with Gasteiger partial charge in [-0.1, -0.05) is 0 Å². The van der Waals surface area contributed by atoms with Gasteiger partial charge in [-0.25, -0.2) is 4.79 Å². The number of carbonyl (C=O) groups excluding carboxylic acids is 1. The van der Waals surface area contributed by atoms with Crippen LogP contribution in [0.3, 0.4) is 0 Å². The third-order valence-corrected chi connectivity index (χ3v) is 2.96. The molecule has 0 radical (unpaired) electrons. The van der Waals surface area contributed by atoms with Gasteiger partial charge >= 0.3 is 12.1 Å². The maximum Gasteiger partial charge on any atom is 0.410 e. The molecule has 0 saturated carbocycles. The molecule has 1 rings (SSSR count). The first-order valence-corrected chi connectivity index (χ1v) is 6.50. The van der Waals surface area contributed by atoms with E-state index in [0.717, 1.165) is 12.8 Å². The van der Waals surface area contributed by atoms with Crippen molar-refractivity contribution in [3.63, 3.8) is 0 Å². The molecule has 0 aromatic carbocycles. The molecule has 18 heavy (non-hydrogen) atoms. The van der Waals surface area contributed by atoms with E-state index < -0.39 is 11.6 Å². The quantitative estimate of drug-likeness (QED) is 0.783. The van der Waals surface area contributed by atoms with E-state index in [1.54, 1.807) is 4.90 Å². The van der Waals surface area contributed by atoms with E-state index in [2.05, 4.69) is 0 Å². The molecule has 0 spiro atoms. The van der Waals surface area contributed by atoms with Crippen LogP contribution in [0.25, 0.3) is 0 Å². The highest BCUT2D eigenvalue weighted by atomic mass is 16.6. The molecule has 1 aliphatic rings. The fourth-order valence-corrected chi connectivity index (χ4v) is 2.07. The van der Waals surface area contributed by atoms with Gasteiger partial charge in [0.05, 0.1) is 5.92 Å². The number of hydrogen-bond donors (Lipinski definition) is 1. The van der Waals surface area contributed by atoms with Gasteiger partial charge in [-0.15, -0.1) is 0 Å². The molecule has 104 valence electrons. The molecule has 0 aromatic heterocycles. The number of hydrogen-bond acceptors (Lipinski definition) is 3. The topological polar surface area (TPSA) is 66.8 Å². The lowest BCUT2D eigenvalue weighted by atomic mass is 9.96. The van der Waals surface area contributed by atoms with Crippen LogP contribution in [0.4, 0.5) is 4.79 Å². The molecule has 1 heterocycles. The number of aliphatic carboxylic acids is 1. The molecule has 1 aliphatic heterocycles. The summed E-state index contributed by atoms with van der Waals surface area (Å²) in [4.78, 5) is 24.5. The average Bonchev–Trinajstić information content (AvgIpc) is 2.12. The summed E-state index contributed by atoms with van der Waals surface area (Å²) in [5, 5.41) is 8.98. The van der Waals surface area contributed by atoms with Gasteiger partial charge in [0, 0.05) is 13.1 Å². The van der Waals surface area contributed by atoms with Crippen molar-refractivity contribution >= 4 is 12.1 Å². The predicted octanol–water partition coefficient (Wildman–Crippen LogP) is 2.50. The van der Waals surface area contributed by atoms with Crippen LogP contribution in [-0.2, 0) is 9.53 Å². The molecule has 0 aromatic rings. The summed E-state index contributed by atoms with van der Waals surface area (Å²) >= 11 is 0. The summed E-state index contributed by atoms with van der Waals surface area (Å²) in [6.07, 6.45) is 2.41. The average molecular weight is 257 g/mol. The maximum absolute atomic E-state index is 11.9. The molecule has 0 aliphatic carbocycles. The van der Waals surface area contributed by atoms with Gasteiger partial charge < -0.3 is 14.7 Å². The monoisotopic (exact) mass is 257 g/mol. The van der Waals surface area contributed by atoms with E-state index in [1.807, 2.05) is 20.8 Å². The van der Waals surface area contributed by atoms with Crippen LogP contribution >= 0.6 is 0 Å². The van der Waals surface area contributed by atoms with E-state index in [0.29, 0.717) is 25.9 Å². The fourth-order valence-electron chi connectivity index (χ4n) is 2.07. The maximum atomic E-state index is 11.9. The highest BCUT2D eigenvalue weighted by Gasteiger charge is 2.25. The van der Waals surface area contributed by atoms with Gasteiger partial charge in [-0.05, 0) is 46.5 Å². The molecule has 1 amide bonds. The van der Waals surface area contributed by atoms with Crippen molar-refractivity contribution in [2.45, 2.75) is 52.1 Å². The third-order valence-electron chi connectivity index (χ3n) is 2.96. The van der Waals surface area contributed by atoms with Crippen LogP contribution < -0.4 is 0 Å². The Morgan fingerprint density at radius 3 is 2.06 bits per heavy atom. The van der Waals surface area contributed by atoms with Crippen molar-refractivity contribution in [3.8, 4) is 0 Å². The Hall–Kier alpha value is -1.26. The Balaban J connectivity index is 2.47. The third kappa shape index (κ3) is 4.94. The second kappa shape index (κ2) is 6.07. The number of nitrogens with zero attached hydrogens (tertiary/aromatic N) is 1. The van der Waals surface area contributed by atoms with E-state index >= 15 is 0 Å². The predicted molar refractivity (Wildman–Crippen MR) is 67.4 cm³/mol. The summed E-state index contributed by atoms with van der Waals surface area (Å²) in [7, 11) is 0. The number of carbonyl (C=O) groups is 2. The van der Waals surface area contributed by atoms with Crippen LogP contribution in [0, 0.1) is 5.92 Å². The number of carboxylic acid groups (broad SMARTS) is 1. The smallest absolute Gasteiger partial charge is 0.410 e. The van der Waals surface area contributed by atoms with Crippen molar-refractivity contribution in [1.82, 2.24) is 4.90 Å². The SMILES string of the molecule is CC(C)(C)OC(=O)N1CCCC(C(=O)O)CCC1. The zero-order valence-electron chi connectivity index (χ0n) is 11.4. The standard InChI is InChI=1S/C13H23NO4/c1-13(2,3)18-12(17)14-8-4-6-10(11(15)16)7-5-9-14/h10H,4-9H2,1-3H3,(H,15,16). The van der Waals surface area contributed by atoms with Gasteiger partial charge in [0.15, 0.2) is 0 Å². The molecule has 1 saturated heterocycles. The first kappa shape index (κ1) is 14.8. The largest absolute Gasteiger partial charge is 0.481 e. The van der Waals surface area contributed by atoms with E-state index in [-0.39, 0.29) is 12.0 Å². The first-order chi connectivity index (χ1) is 8.29. The van der Waals surface area contributed by atoms with Crippen LogP contribution in [0.5, 0.6) is 0 Å². The Morgan fingerprint density at radius 2 is 1.67 bits per heavy atom. The van der Waals surface area contributed by atoms with Gasteiger partial charge in [0.2, 0.25) is 0 Å². The van der Waals surface area contributed by atoms with Crippen LogP contribution in [0.1, 0.15) is 46.5 Å². The van der Waals surface area contributed by atoms with Crippen molar-refractivity contribution in [2.24, 2.45) is 5.92 Å². The van der Waals surface area contributed by atoms with Gasteiger partial charge in [-0.3, -0.25) is 4.79 Å². The molecule has 5 nitrogen and oxygen atoms in total. The molecule has 1 N–H and O–H groups in total. The zero-order chi connectivity index (χ0) is 13.8. The first-order valence-electron chi connectivity index (χ1n) is 6.50. The number of amides is 1. The zero-order valence-corrected chi connectivity index (χ0v) is 11.4. The number of ether oxygens (including phenoxy) is 1. The Kier molecular flexibility index (Phi) is 4.99. The summed E-state index contributed by atoms with van der Waals surface area (Å²) < 4.78 is 5.32. The second-order valence-corrected chi connectivity index (χ2v) is 5.79. The molecule has 0 unspecified atom stereocenters. The molecule has 5 heteroatoms. The van der Waals surface area contributed by atoms with Crippen molar-refractivity contribution in [1.29, 1.82) is 0 Å². The number of rotatable bonds is 1. The lowest BCUT2D eigenvalue weighted by Gasteiger charge is -2.29. The van der Waals surface area contributed by atoms with Crippen molar-refractivity contribution < 1.29 is 19.4 Å². The van der Waals surface area contributed by atoms with E-state index in [9.17, 15) is 9.59 Å². The molecule has 0 bridgehead atoms. The van der Waals surface area contributed by atoms with Crippen molar-refractivity contribution in [2.75, 3.05) is 13.1 Å². The summed E-state index contributed by atoms with van der Waals surface area (Å²) in [6, 6.07) is 0. The second-order valence-electron chi connectivity index (χ2n) is 5.79. The fraction of sp³-hybridized carbons (Fsp3) is 0.846. The summed E-state index contributed by atoms with van der Waals surface area (Å²) in [6.45, 7) is 6.69. The molecular formula is C13H23NO4. The van der Waals surface area contributed by atoms with E-state index in [4.69, 9.17) is 9.84 Å². The highest BCUT2D eigenvalue weighted by Crippen LogP contribution is 2.19. The Labute approximate surface area is 108 Å². The van der Waals surface area contributed by atoms with Crippen LogP contribution in [0.15, 0.2) is 0 Å². The van der Waals surface area contributed by atoms with Gasteiger partial charge in [0.25, 0.3) is 0 Å². The molecule has 1 fully saturated rings. The molecular weight excluding hydrogens is 234 g/mol. The van der Waals surface area contributed by atoms with Crippen LogP contribution in [0.2, 0.25) is 0 Å². The Bertz CT molecular complexity index is 299. The minimum atomic E-state index is -0.722. The highest BCUT2D eigenvalue weighted by molar-refractivity contribution is 5.70. The summed E-state index contributed by atoms with van der Waals surface area (Å²) in [5.74, 6) is -0.980. The van der Waals surface area contributed by atoms with Crippen LogP contribution in [-0.4, -0.2) is 40.8 Å². The van der Waals surface area contributed by atoms with Gasteiger partial charge in [-0.2, -0.15) is 0 Å². The number of likely N-dealkylation sites (tertiary alicyclic amines) is 1. The lowest BCUT2D eigenvalue weighted by molar-refractivity contribution is -0.142. The van der Waals surface area contributed by atoms with Crippen molar-refractivity contribution in [3.05, 3.63) is 0 Å². The molecule has 0 atom stereocenters. The summed E-state index contributed by atoms with van der Waals surface area (Å²) in [5.41, 5.74) is -0.483. The normalized spacial score (nSPS) is 18.9. The van der Waals surface area contributed by atoms with Gasteiger partial charge in [0.1, 0.15) is 5.60 Å². The minimum absolute atomic E-state index is 0.259. The minimum Gasteiger partial charge on any atom is -0.481 e. The van der Waals surface area contributed by atoms with E-state index in [1.165, 1.54) is 0 Å². The number of carboxylic acids is 1. The lowest BCUT2D eigenvalue weighted by Crippen LogP contribution is -2.39.